The van der Waals surface area contributed by atoms with E-state index in [0.29, 0.717) is 0 Å². The highest BCUT2D eigenvalue weighted by Crippen LogP contribution is 2.23. The molecule has 1 amide bonds. The van der Waals surface area contributed by atoms with Gasteiger partial charge >= 0.3 is 5.97 Å². The van der Waals surface area contributed by atoms with E-state index in [9.17, 15) is 9.59 Å². The smallest absolute Gasteiger partial charge is 0.326 e. The number of amides is 1. The normalized spacial score (nSPS) is 11.9. The van der Waals surface area contributed by atoms with Crippen LogP contribution in [0.2, 0.25) is 0 Å². The molecule has 0 radical (unpaired) electrons. The molecule has 1 N–H and O–H groups in total. The average molecular weight is 293 g/mol. The Bertz CT molecular complexity index is 539. The van der Waals surface area contributed by atoms with Crippen LogP contribution in [0.15, 0.2) is 12.1 Å². The monoisotopic (exact) mass is 293 g/mol. The van der Waals surface area contributed by atoms with Gasteiger partial charge in [0.25, 0.3) is 0 Å². The predicted molar refractivity (Wildman–Crippen MR) is 80.6 cm³/mol. The van der Waals surface area contributed by atoms with Gasteiger partial charge < -0.3 is 14.7 Å². The average Bonchev–Trinajstić information content (AvgIpc) is 2.41. The van der Waals surface area contributed by atoms with Crippen molar-refractivity contribution in [3.8, 4) is 5.75 Å². The number of likely N-dealkylation sites (N-methyl/N-ethyl adjacent to an activating group) is 1. The van der Waals surface area contributed by atoms with Crippen molar-refractivity contribution in [2.45, 2.75) is 40.2 Å². The van der Waals surface area contributed by atoms with E-state index in [-0.39, 0.29) is 18.9 Å². The van der Waals surface area contributed by atoms with Gasteiger partial charge in [-0.1, -0.05) is 6.07 Å². The summed E-state index contributed by atoms with van der Waals surface area (Å²) in [6.07, 6.45) is 0.153. The molecule has 1 atom stereocenters. The molecule has 0 heterocycles. The van der Waals surface area contributed by atoms with E-state index in [2.05, 4.69) is 6.07 Å². The van der Waals surface area contributed by atoms with Crippen LogP contribution in [-0.2, 0) is 9.59 Å². The van der Waals surface area contributed by atoms with Crippen LogP contribution in [0.1, 0.15) is 30.0 Å². The summed E-state index contributed by atoms with van der Waals surface area (Å²) in [7, 11) is 1.49. The van der Waals surface area contributed by atoms with Gasteiger partial charge in [-0.05, 0) is 50.5 Å². The minimum absolute atomic E-state index is 0.153. The minimum Gasteiger partial charge on any atom is -0.493 e. The van der Waals surface area contributed by atoms with Gasteiger partial charge in [-0.15, -0.1) is 0 Å². The fourth-order valence-corrected chi connectivity index (χ4v) is 1.96. The standard InChI is InChI=1S/C16H23NO4/c1-10-8-11(2)12(3)14(9-10)21-7-6-15(18)17(5)13(4)16(19)20/h8-9,13H,6-7H2,1-5H3,(H,19,20). The second-order valence-corrected chi connectivity index (χ2v) is 5.32. The third-order valence-corrected chi connectivity index (χ3v) is 3.67. The van der Waals surface area contributed by atoms with Crippen LogP contribution < -0.4 is 4.74 Å². The van der Waals surface area contributed by atoms with Crippen molar-refractivity contribution >= 4 is 11.9 Å². The molecule has 1 unspecified atom stereocenters. The third-order valence-electron chi connectivity index (χ3n) is 3.67. The van der Waals surface area contributed by atoms with Crippen LogP contribution in [0.4, 0.5) is 0 Å². The van der Waals surface area contributed by atoms with Gasteiger partial charge in [0.1, 0.15) is 11.8 Å². The number of ether oxygens (including phenoxy) is 1. The zero-order valence-electron chi connectivity index (χ0n) is 13.3. The van der Waals surface area contributed by atoms with Crippen LogP contribution in [-0.4, -0.2) is 41.6 Å². The van der Waals surface area contributed by atoms with Crippen LogP contribution in [0, 0.1) is 20.8 Å². The summed E-state index contributed by atoms with van der Waals surface area (Å²) < 4.78 is 5.66. The molecule has 0 aliphatic carbocycles. The van der Waals surface area contributed by atoms with E-state index in [1.54, 1.807) is 0 Å². The van der Waals surface area contributed by atoms with Gasteiger partial charge in [-0.3, -0.25) is 4.79 Å². The zero-order valence-corrected chi connectivity index (χ0v) is 13.3. The van der Waals surface area contributed by atoms with E-state index < -0.39 is 12.0 Å². The summed E-state index contributed by atoms with van der Waals surface area (Å²) >= 11 is 0. The summed E-state index contributed by atoms with van der Waals surface area (Å²) in [6, 6.07) is 3.19. The lowest BCUT2D eigenvalue weighted by molar-refractivity contribution is -0.148. The fourth-order valence-electron chi connectivity index (χ4n) is 1.96. The highest BCUT2D eigenvalue weighted by Gasteiger charge is 2.21. The quantitative estimate of drug-likeness (QED) is 0.874. The summed E-state index contributed by atoms with van der Waals surface area (Å²) in [6.45, 7) is 7.70. The van der Waals surface area contributed by atoms with Crippen molar-refractivity contribution in [2.24, 2.45) is 0 Å². The molecule has 0 fully saturated rings. The molecular weight excluding hydrogens is 270 g/mol. The molecule has 0 spiro atoms. The summed E-state index contributed by atoms with van der Waals surface area (Å²) in [5.74, 6) is -0.488. The maximum atomic E-state index is 11.9. The lowest BCUT2D eigenvalue weighted by atomic mass is 10.1. The second-order valence-electron chi connectivity index (χ2n) is 5.32. The lowest BCUT2D eigenvalue weighted by Crippen LogP contribution is -2.40. The van der Waals surface area contributed by atoms with Gasteiger partial charge in [0.2, 0.25) is 5.91 Å². The highest BCUT2D eigenvalue weighted by atomic mass is 16.5. The number of aryl methyl sites for hydroxylation is 2. The van der Waals surface area contributed by atoms with E-state index >= 15 is 0 Å². The topological polar surface area (TPSA) is 66.8 Å². The summed E-state index contributed by atoms with van der Waals surface area (Å²) in [5.41, 5.74) is 3.31. The number of aliphatic carboxylic acids is 1. The number of carboxylic acid groups (broad SMARTS) is 1. The Morgan fingerprint density at radius 3 is 2.48 bits per heavy atom. The van der Waals surface area contributed by atoms with Crippen LogP contribution in [0.25, 0.3) is 0 Å². The van der Waals surface area contributed by atoms with E-state index in [0.717, 1.165) is 22.4 Å². The van der Waals surface area contributed by atoms with Gasteiger partial charge in [-0.25, -0.2) is 4.79 Å². The maximum absolute atomic E-state index is 11.9. The Labute approximate surface area is 125 Å². The number of nitrogens with zero attached hydrogens (tertiary/aromatic N) is 1. The van der Waals surface area contributed by atoms with Gasteiger partial charge in [-0.2, -0.15) is 0 Å². The number of benzene rings is 1. The molecule has 0 saturated heterocycles. The molecule has 1 aromatic rings. The second kappa shape index (κ2) is 7.11. The molecule has 116 valence electrons. The first-order valence-corrected chi connectivity index (χ1v) is 6.93. The maximum Gasteiger partial charge on any atom is 0.326 e. The first kappa shape index (κ1) is 17.0. The zero-order chi connectivity index (χ0) is 16.2. The van der Waals surface area contributed by atoms with Crippen LogP contribution >= 0.6 is 0 Å². The Morgan fingerprint density at radius 2 is 1.90 bits per heavy atom. The van der Waals surface area contributed by atoms with Crippen molar-refractivity contribution in [1.29, 1.82) is 0 Å². The van der Waals surface area contributed by atoms with Crippen molar-refractivity contribution < 1.29 is 19.4 Å². The van der Waals surface area contributed by atoms with Gasteiger partial charge in [0.05, 0.1) is 13.0 Å². The SMILES string of the molecule is Cc1cc(C)c(C)c(OCCC(=O)N(C)C(C)C(=O)O)c1. The van der Waals surface area contributed by atoms with Gasteiger partial charge in [0, 0.05) is 7.05 Å². The first-order valence-electron chi connectivity index (χ1n) is 6.93. The number of hydrogen-bond donors (Lipinski definition) is 1. The number of hydrogen-bond acceptors (Lipinski definition) is 3. The van der Waals surface area contributed by atoms with E-state index in [4.69, 9.17) is 9.84 Å². The Morgan fingerprint density at radius 1 is 1.29 bits per heavy atom. The van der Waals surface area contributed by atoms with Crippen LogP contribution in [0.5, 0.6) is 5.75 Å². The summed E-state index contributed by atoms with van der Waals surface area (Å²) in [4.78, 5) is 23.9. The predicted octanol–water partition coefficient (Wildman–Crippen LogP) is 2.31. The highest BCUT2D eigenvalue weighted by molar-refractivity contribution is 5.83. The van der Waals surface area contributed by atoms with Crippen molar-refractivity contribution in [3.63, 3.8) is 0 Å². The molecule has 5 nitrogen and oxygen atoms in total. The van der Waals surface area contributed by atoms with Gasteiger partial charge in [0.15, 0.2) is 0 Å². The Balaban J connectivity index is 2.58. The molecule has 21 heavy (non-hydrogen) atoms. The molecule has 1 rings (SSSR count). The van der Waals surface area contributed by atoms with Crippen LogP contribution in [0.3, 0.4) is 0 Å². The van der Waals surface area contributed by atoms with Crippen molar-refractivity contribution in [2.75, 3.05) is 13.7 Å². The molecule has 0 aromatic heterocycles. The van der Waals surface area contributed by atoms with E-state index in [1.165, 1.54) is 18.9 Å². The number of carbonyl (C=O) groups is 2. The number of carbonyl (C=O) groups excluding carboxylic acids is 1. The Kier molecular flexibility index (Phi) is 5.76. The third kappa shape index (κ3) is 4.48. The molecule has 0 bridgehead atoms. The Hall–Kier alpha value is -2.04. The van der Waals surface area contributed by atoms with Crippen molar-refractivity contribution in [3.05, 3.63) is 28.8 Å². The first-order chi connectivity index (χ1) is 9.73. The molecule has 0 saturated carbocycles. The molecule has 1 aromatic carbocycles. The van der Waals surface area contributed by atoms with Crippen molar-refractivity contribution in [1.82, 2.24) is 4.90 Å². The van der Waals surface area contributed by atoms with E-state index in [1.807, 2.05) is 26.8 Å². The minimum atomic E-state index is -1.02. The fraction of sp³-hybridized carbons (Fsp3) is 0.500. The molecule has 5 heteroatoms. The number of carboxylic acids is 1. The largest absolute Gasteiger partial charge is 0.493 e. The lowest BCUT2D eigenvalue weighted by Gasteiger charge is -2.21. The molecular formula is C16H23NO4. The summed E-state index contributed by atoms with van der Waals surface area (Å²) in [5, 5.41) is 8.88. The molecule has 0 aliphatic heterocycles. The molecule has 0 aliphatic rings. The number of rotatable bonds is 6.